The Balaban J connectivity index is 2.14. The van der Waals surface area contributed by atoms with Gasteiger partial charge in [0.1, 0.15) is 6.33 Å². The van der Waals surface area contributed by atoms with Crippen molar-refractivity contribution in [3.05, 3.63) is 52.2 Å². The fraction of sp³-hybridized carbons (Fsp3) is 0.385. The first-order chi connectivity index (χ1) is 8.61. The molecule has 1 heterocycles. The third-order valence-electron chi connectivity index (χ3n) is 3.01. The molecule has 1 unspecified atom stereocenters. The molecule has 0 saturated heterocycles. The van der Waals surface area contributed by atoms with Crippen LogP contribution < -0.4 is 5.69 Å². The van der Waals surface area contributed by atoms with Crippen LogP contribution in [0.1, 0.15) is 24.2 Å². The van der Waals surface area contributed by atoms with Gasteiger partial charge in [-0.15, -0.1) is 0 Å². The van der Waals surface area contributed by atoms with E-state index in [-0.39, 0.29) is 12.2 Å². The van der Waals surface area contributed by atoms with Crippen LogP contribution in [-0.2, 0) is 20.0 Å². The van der Waals surface area contributed by atoms with Gasteiger partial charge in [0, 0.05) is 7.05 Å². The highest BCUT2D eigenvalue weighted by atomic mass is 16.3. The molecular weight excluding hydrogens is 230 g/mol. The summed E-state index contributed by atoms with van der Waals surface area (Å²) in [6.45, 7) is 2.25. The highest BCUT2D eigenvalue weighted by Gasteiger charge is 2.11. The molecular formula is C13H17N3O2. The lowest BCUT2D eigenvalue weighted by Gasteiger charge is -2.10. The molecule has 1 atom stereocenters. The number of aryl methyl sites for hydroxylation is 2. The molecule has 2 aromatic rings. The Morgan fingerprint density at radius 2 is 2.00 bits per heavy atom. The standard InChI is InChI=1S/C13H17N3O2/c1-3-10-4-6-11(7-5-10)12(17)8-16-13(18)15(2)9-14-16/h4-7,9,12,17H,3,8H2,1-2H3. The van der Waals surface area contributed by atoms with Crippen LogP contribution in [0.15, 0.2) is 35.4 Å². The number of nitrogens with zero attached hydrogens (tertiary/aromatic N) is 3. The topological polar surface area (TPSA) is 60.0 Å². The molecule has 1 aromatic carbocycles. The molecule has 0 saturated carbocycles. The molecule has 5 nitrogen and oxygen atoms in total. The zero-order valence-corrected chi connectivity index (χ0v) is 10.6. The minimum absolute atomic E-state index is 0.172. The summed E-state index contributed by atoms with van der Waals surface area (Å²) in [7, 11) is 1.63. The first-order valence-corrected chi connectivity index (χ1v) is 5.97. The van der Waals surface area contributed by atoms with Crippen LogP contribution in [0.2, 0.25) is 0 Å². The highest BCUT2D eigenvalue weighted by Crippen LogP contribution is 2.15. The van der Waals surface area contributed by atoms with Crippen molar-refractivity contribution in [1.82, 2.24) is 14.3 Å². The monoisotopic (exact) mass is 247 g/mol. The minimum Gasteiger partial charge on any atom is -0.386 e. The molecule has 0 aliphatic heterocycles. The van der Waals surface area contributed by atoms with Gasteiger partial charge >= 0.3 is 5.69 Å². The lowest BCUT2D eigenvalue weighted by atomic mass is 10.1. The summed E-state index contributed by atoms with van der Waals surface area (Å²) in [6, 6.07) is 7.74. The van der Waals surface area contributed by atoms with Gasteiger partial charge in [-0.2, -0.15) is 5.10 Å². The molecule has 96 valence electrons. The summed E-state index contributed by atoms with van der Waals surface area (Å²) in [5.41, 5.74) is 1.80. The SMILES string of the molecule is CCc1ccc(C(O)Cn2ncn(C)c2=O)cc1. The van der Waals surface area contributed by atoms with Crippen molar-refractivity contribution in [2.75, 3.05) is 0 Å². The molecule has 1 N–H and O–H groups in total. The van der Waals surface area contributed by atoms with Gasteiger partial charge < -0.3 is 5.11 Å². The van der Waals surface area contributed by atoms with Crippen molar-refractivity contribution >= 4 is 0 Å². The Kier molecular flexibility index (Phi) is 3.62. The van der Waals surface area contributed by atoms with E-state index in [0.29, 0.717) is 0 Å². The minimum atomic E-state index is -0.719. The smallest absolute Gasteiger partial charge is 0.345 e. The van der Waals surface area contributed by atoms with Crippen LogP contribution in [0.5, 0.6) is 0 Å². The van der Waals surface area contributed by atoms with Gasteiger partial charge in [-0.1, -0.05) is 31.2 Å². The summed E-state index contributed by atoms with van der Waals surface area (Å²) >= 11 is 0. The van der Waals surface area contributed by atoms with Gasteiger partial charge in [0.05, 0.1) is 12.6 Å². The number of benzene rings is 1. The molecule has 0 aliphatic rings. The molecule has 0 fully saturated rings. The van der Waals surface area contributed by atoms with Crippen molar-refractivity contribution in [1.29, 1.82) is 0 Å². The molecule has 0 bridgehead atoms. The van der Waals surface area contributed by atoms with E-state index in [2.05, 4.69) is 12.0 Å². The normalized spacial score (nSPS) is 12.6. The van der Waals surface area contributed by atoms with E-state index >= 15 is 0 Å². The van der Waals surface area contributed by atoms with Crippen molar-refractivity contribution in [3.63, 3.8) is 0 Å². The number of aliphatic hydroxyl groups is 1. The van der Waals surface area contributed by atoms with Gasteiger partial charge in [0.15, 0.2) is 0 Å². The van der Waals surface area contributed by atoms with Crippen LogP contribution in [0.25, 0.3) is 0 Å². The van der Waals surface area contributed by atoms with E-state index in [1.54, 1.807) is 7.05 Å². The van der Waals surface area contributed by atoms with Crippen LogP contribution in [0.4, 0.5) is 0 Å². The summed E-state index contributed by atoms with van der Waals surface area (Å²) in [4.78, 5) is 11.6. The third-order valence-corrected chi connectivity index (χ3v) is 3.01. The van der Waals surface area contributed by atoms with Crippen LogP contribution >= 0.6 is 0 Å². The van der Waals surface area contributed by atoms with Crippen molar-refractivity contribution < 1.29 is 5.11 Å². The lowest BCUT2D eigenvalue weighted by molar-refractivity contribution is 0.149. The summed E-state index contributed by atoms with van der Waals surface area (Å²) in [5, 5.41) is 14.0. The predicted octanol–water partition coefficient (Wildman–Crippen LogP) is 0.878. The van der Waals surface area contributed by atoms with E-state index in [1.165, 1.54) is 21.1 Å². The largest absolute Gasteiger partial charge is 0.386 e. The number of hydrogen-bond acceptors (Lipinski definition) is 3. The molecule has 0 radical (unpaired) electrons. The first kappa shape index (κ1) is 12.6. The molecule has 0 aliphatic carbocycles. The average molecular weight is 247 g/mol. The maximum atomic E-state index is 11.6. The second kappa shape index (κ2) is 5.18. The maximum Gasteiger partial charge on any atom is 0.345 e. The lowest BCUT2D eigenvalue weighted by Crippen LogP contribution is -2.25. The van der Waals surface area contributed by atoms with Gasteiger partial charge in [0.2, 0.25) is 0 Å². The summed E-state index contributed by atoms with van der Waals surface area (Å²) in [6.07, 6.45) is 1.69. The Morgan fingerprint density at radius 3 is 2.50 bits per heavy atom. The Bertz CT molecular complexity index is 569. The van der Waals surface area contributed by atoms with E-state index in [1.807, 2.05) is 24.3 Å². The van der Waals surface area contributed by atoms with Crippen LogP contribution in [0.3, 0.4) is 0 Å². The van der Waals surface area contributed by atoms with Gasteiger partial charge in [-0.25, -0.2) is 9.48 Å². The van der Waals surface area contributed by atoms with Gasteiger partial charge in [-0.05, 0) is 17.5 Å². The fourth-order valence-electron chi connectivity index (χ4n) is 1.79. The van der Waals surface area contributed by atoms with E-state index in [4.69, 9.17) is 0 Å². The average Bonchev–Trinajstić information content (AvgIpc) is 2.71. The molecule has 1 aromatic heterocycles. The zero-order valence-electron chi connectivity index (χ0n) is 10.6. The van der Waals surface area contributed by atoms with E-state index in [9.17, 15) is 9.90 Å². The third kappa shape index (κ3) is 2.51. The van der Waals surface area contributed by atoms with E-state index in [0.717, 1.165) is 12.0 Å². The van der Waals surface area contributed by atoms with Gasteiger partial charge in [-0.3, -0.25) is 4.57 Å². The highest BCUT2D eigenvalue weighted by molar-refractivity contribution is 5.23. The number of hydrogen-bond donors (Lipinski definition) is 1. The van der Waals surface area contributed by atoms with Crippen molar-refractivity contribution in [3.8, 4) is 0 Å². The predicted molar refractivity (Wildman–Crippen MR) is 68.2 cm³/mol. The quantitative estimate of drug-likeness (QED) is 0.872. The Hall–Kier alpha value is -1.88. The molecule has 2 rings (SSSR count). The van der Waals surface area contributed by atoms with Crippen molar-refractivity contribution in [2.45, 2.75) is 26.0 Å². The summed E-state index contributed by atoms with van der Waals surface area (Å²) in [5.74, 6) is 0. The van der Waals surface area contributed by atoms with Gasteiger partial charge in [0.25, 0.3) is 0 Å². The molecule has 0 amide bonds. The Labute approximate surface area is 105 Å². The molecule has 18 heavy (non-hydrogen) atoms. The fourth-order valence-corrected chi connectivity index (χ4v) is 1.79. The van der Waals surface area contributed by atoms with Crippen molar-refractivity contribution in [2.24, 2.45) is 7.05 Å². The van der Waals surface area contributed by atoms with Crippen LogP contribution in [-0.4, -0.2) is 19.5 Å². The second-order valence-electron chi connectivity index (χ2n) is 4.32. The zero-order chi connectivity index (χ0) is 13.1. The molecule has 0 spiro atoms. The van der Waals surface area contributed by atoms with E-state index < -0.39 is 6.10 Å². The molecule has 5 heteroatoms. The number of rotatable bonds is 4. The van der Waals surface area contributed by atoms with Crippen LogP contribution in [0, 0.1) is 0 Å². The first-order valence-electron chi connectivity index (χ1n) is 5.97. The summed E-state index contributed by atoms with van der Waals surface area (Å²) < 4.78 is 2.64. The number of aliphatic hydroxyl groups excluding tert-OH is 1. The Morgan fingerprint density at radius 1 is 1.33 bits per heavy atom. The number of aromatic nitrogens is 3. The second-order valence-corrected chi connectivity index (χ2v) is 4.32. The maximum absolute atomic E-state index is 11.6.